The van der Waals surface area contributed by atoms with Crippen LogP contribution in [0.4, 0.5) is 5.69 Å². The normalized spacial score (nSPS) is 11.1. The van der Waals surface area contributed by atoms with Gasteiger partial charge in [0, 0.05) is 25.3 Å². The number of hydrogen-bond donors (Lipinski definition) is 0. The molecule has 0 radical (unpaired) electrons. The van der Waals surface area contributed by atoms with E-state index in [1.165, 1.54) is 0 Å². The highest BCUT2D eigenvalue weighted by atomic mass is 16.2. The Hall–Kier alpha value is -2.62. The number of carbonyl (C=O) groups is 2. The summed E-state index contributed by atoms with van der Waals surface area (Å²) in [4.78, 5) is 30.0. The van der Waals surface area contributed by atoms with Gasteiger partial charge in [-0.2, -0.15) is 0 Å². The maximum Gasteiger partial charge on any atom is 0.242 e. The summed E-state index contributed by atoms with van der Waals surface area (Å²) in [6.45, 7) is 10.9. The smallest absolute Gasteiger partial charge is 0.242 e. The Morgan fingerprint density at radius 3 is 2.11 bits per heavy atom. The van der Waals surface area contributed by atoms with Crippen LogP contribution in [-0.2, 0) is 16.1 Å². The molecule has 2 rings (SSSR count). The molecule has 0 N–H and O–H groups in total. The second kappa shape index (κ2) is 8.85. The minimum absolute atomic E-state index is 0.148. The predicted octanol–water partition coefficient (Wildman–Crippen LogP) is 4.42. The molecule has 0 spiro atoms. The van der Waals surface area contributed by atoms with Crippen molar-refractivity contribution in [1.29, 1.82) is 0 Å². The molecule has 27 heavy (non-hydrogen) atoms. The van der Waals surface area contributed by atoms with E-state index in [9.17, 15) is 9.59 Å². The summed E-state index contributed by atoms with van der Waals surface area (Å²) < 4.78 is 0. The van der Waals surface area contributed by atoms with Crippen LogP contribution in [0, 0.1) is 12.3 Å². The molecule has 0 unspecified atom stereocenters. The molecule has 2 aromatic carbocycles. The number of amides is 2. The van der Waals surface area contributed by atoms with E-state index in [1.54, 1.807) is 23.6 Å². The van der Waals surface area contributed by atoms with E-state index in [-0.39, 0.29) is 11.8 Å². The number of aryl methyl sites for hydroxylation is 1. The topological polar surface area (TPSA) is 40.6 Å². The molecular weight excluding hydrogens is 336 g/mol. The summed E-state index contributed by atoms with van der Waals surface area (Å²) in [7, 11) is 0. The van der Waals surface area contributed by atoms with E-state index in [2.05, 4.69) is 0 Å². The van der Waals surface area contributed by atoms with Crippen molar-refractivity contribution >= 4 is 17.5 Å². The van der Waals surface area contributed by atoms with E-state index in [0.29, 0.717) is 19.6 Å². The Morgan fingerprint density at radius 2 is 1.56 bits per heavy atom. The molecule has 0 aliphatic heterocycles. The predicted molar refractivity (Wildman–Crippen MR) is 111 cm³/mol. The maximum absolute atomic E-state index is 13.3. The minimum Gasteiger partial charge on any atom is -0.338 e. The number of carbonyl (C=O) groups excluding carboxylic acids is 2. The molecule has 4 nitrogen and oxygen atoms in total. The Kier molecular flexibility index (Phi) is 6.78. The molecule has 4 heteroatoms. The van der Waals surface area contributed by atoms with Crippen molar-refractivity contribution < 1.29 is 9.59 Å². The lowest BCUT2D eigenvalue weighted by molar-refractivity contribution is -0.147. The summed E-state index contributed by atoms with van der Waals surface area (Å²) in [6.07, 6.45) is 0. The summed E-state index contributed by atoms with van der Waals surface area (Å²) in [5.41, 5.74) is 1.84. The van der Waals surface area contributed by atoms with Crippen LogP contribution < -0.4 is 4.90 Å². The van der Waals surface area contributed by atoms with Crippen molar-refractivity contribution in [3.63, 3.8) is 0 Å². The van der Waals surface area contributed by atoms with Gasteiger partial charge in [0.05, 0.1) is 0 Å². The summed E-state index contributed by atoms with van der Waals surface area (Å²) in [6, 6.07) is 17.7. The SMILES string of the molecule is CCN(Cc1ccccc1)C(=O)C(C)(C)C(=O)N(CC)c1cccc(C)c1. The first-order chi connectivity index (χ1) is 12.8. The standard InChI is InChI=1S/C23H30N2O2/c1-6-24(17-19-13-9-8-10-14-19)21(26)23(4,5)22(27)25(7-2)20-15-11-12-18(3)16-20/h8-16H,6-7,17H2,1-5H3. The molecule has 0 aliphatic rings. The van der Waals surface area contributed by atoms with Crippen molar-refractivity contribution in [1.82, 2.24) is 4.90 Å². The van der Waals surface area contributed by atoms with Gasteiger partial charge in [-0.1, -0.05) is 42.5 Å². The van der Waals surface area contributed by atoms with Crippen molar-refractivity contribution in [2.75, 3.05) is 18.0 Å². The van der Waals surface area contributed by atoms with E-state index in [0.717, 1.165) is 16.8 Å². The fraction of sp³-hybridized carbons (Fsp3) is 0.391. The minimum atomic E-state index is -1.13. The summed E-state index contributed by atoms with van der Waals surface area (Å²) in [5, 5.41) is 0. The monoisotopic (exact) mass is 366 g/mol. The third-order valence-electron chi connectivity index (χ3n) is 4.83. The van der Waals surface area contributed by atoms with E-state index in [4.69, 9.17) is 0 Å². The molecule has 0 saturated carbocycles. The van der Waals surface area contributed by atoms with Gasteiger partial charge in [0.1, 0.15) is 5.41 Å². The van der Waals surface area contributed by atoms with Crippen molar-refractivity contribution in [3.05, 3.63) is 65.7 Å². The van der Waals surface area contributed by atoms with Crippen LogP contribution in [0.5, 0.6) is 0 Å². The molecule has 0 atom stereocenters. The van der Waals surface area contributed by atoms with E-state index < -0.39 is 5.41 Å². The average molecular weight is 367 g/mol. The van der Waals surface area contributed by atoms with Gasteiger partial charge in [0.2, 0.25) is 11.8 Å². The van der Waals surface area contributed by atoms with Gasteiger partial charge >= 0.3 is 0 Å². The van der Waals surface area contributed by atoms with E-state index >= 15 is 0 Å². The molecule has 0 bridgehead atoms. The van der Waals surface area contributed by atoms with E-state index in [1.807, 2.05) is 75.4 Å². The highest BCUT2D eigenvalue weighted by Gasteiger charge is 2.41. The number of anilines is 1. The number of nitrogens with zero attached hydrogens (tertiary/aromatic N) is 2. The molecule has 2 aromatic rings. The third kappa shape index (κ3) is 4.76. The first-order valence-corrected chi connectivity index (χ1v) is 9.53. The molecule has 0 saturated heterocycles. The van der Waals surface area contributed by atoms with Crippen molar-refractivity contribution in [2.24, 2.45) is 5.41 Å². The second-order valence-electron chi connectivity index (χ2n) is 7.32. The lowest BCUT2D eigenvalue weighted by atomic mass is 9.89. The Morgan fingerprint density at radius 1 is 0.889 bits per heavy atom. The van der Waals surface area contributed by atoms with Crippen LogP contribution in [0.2, 0.25) is 0 Å². The van der Waals surface area contributed by atoms with Crippen molar-refractivity contribution in [2.45, 2.75) is 41.2 Å². The van der Waals surface area contributed by atoms with Gasteiger partial charge in [0.15, 0.2) is 0 Å². The maximum atomic E-state index is 13.3. The summed E-state index contributed by atoms with van der Waals surface area (Å²) >= 11 is 0. The molecule has 144 valence electrons. The van der Waals surface area contributed by atoms with Crippen LogP contribution in [-0.4, -0.2) is 29.8 Å². The van der Waals surface area contributed by atoms with Crippen LogP contribution in [0.3, 0.4) is 0 Å². The van der Waals surface area contributed by atoms with Gasteiger partial charge in [0.25, 0.3) is 0 Å². The van der Waals surface area contributed by atoms with Crippen LogP contribution in [0.1, 0.15) is 38.8 Å². The van der Waals surface area contributed by atoms with Crippen LogP contribution in [0.25, 0.3) is 0 Å². The Bertz CT molecular complexity index is 784. The van der Waals surface area contributed by atoms with Gasteiger partial charge in [-0.15, -0.1) is 0 Å². The average Bonchev–Trinajstić information content (AvgIpc) is 2.67. The van der Waals surface area contributed by atoms with Crippen LogP contribution in [0.15, 0.2) is 54.6 Å². The molecule has 0 fully saturated rings. The fourth-order valence-corrected chi connectivity index (χ4v) is 3.19. The quantitative estimate of drug-likeness (QED) is 0.681. The zero-order valence-corrected chi connectivity index (χ0v) is 17.0. The van der Waals surface area contributed by atoms with Crippen LogP contribution >= 0.6 is 0 Å². The summed E-state index contributed by atoms with van der Waals surface area (Å²) in [5.74, 6) is -0.322. The Labute approximate surface area is 162 Å². The highest BCUT2D eigenvalue weighted by Crippen LogP contribution is 2.27. The van der Waals surface area contributed by atoms with Gasteiger partial charge in [-0.25, -0.2) is 0 Å². The zero-order chi connectivity index (χ0) is 20.0. The first-order valence-electron chi connectivity index (χ1n) is 9.53. The van der Waals surface area contributed by atoms with Gasteiger partial charge in [-0.05, 0) is 57.9 Å². The fourth-order valence-electron chi connectivity index (χ4n) is 3.19. The van der Waals surface area contributed by atoms with Gasteiger partial charge in [-0.3, -0.25) is 9.59 Å². The third-order valence-corrected chi connectivity index (χ3v) is 4.83. The van der Waals surface area contributed by atoms with Crippen molar-refractivity contribution in [3.8, 4) is 0 Å². The molecule has 0 heterocycles. The zero-order valence-electron chi connectivity index (χ0n) is 17.0. The number of hydrogen-bond acceptors (Lipinski definition) is 2. The lowest BCUT2D eigenvalue weighted by Gasteiger charge is -2.34. The lowest BCUT2D eigenvalue weighted by Crippen LogP contribution is -2.51. The second-order valence-corrected chi connectivity index (χ2v) is 7.32. The number of rotatable bonds is 7. The first kappa shape index (κ1) is 20.7. The van der Waals surface area contributed by atoms with Gasteiger partial charge < -0.3 is 9.80 Å². The molecule has 0 aliphatic carbocycles. The highest BCUT2D eigenvalue weighted by molar-refractivity contribution is 6.11. The molecular formula is C23H30N2O2. The molecule has 2 amide bonds. The Balaban J connectivity index is 2.25. The molecule has 0 aromatic heterocycles. The largest absolute Gasteiger partial charge is 0.338 e. The number of benzene rings is 2.